The summed E-state index contributed by atoms with van der Waals surface area (Å²) in [5.74, 6) is 1.52. The average Bonchev–Trinajstić information content (AvgIpc) is 3.43. The summed E-state index contributed by atoms with van der Waals surface area (Å²) in [6.45, 7) is 1.58. The molecule has 1 aliphatic carbocycles. The fourth-order valence-corrected chi connectivity index (χ4v) is 4.74. The first-order chi connectivity index (χ1) is 14.3. The lowest BCUT2D eigenvalue weighted by Gasteiger charge is -2.17. The Morgan fingerprint density at radius 1 is 0.931 bits per heavy atom. The highest BCUT2D eigenvalue weighted by Crippen LogP contribution is 2.37. The molecule has 0 spiro atoms. The number of rotatable bonds is 4. The number of amides is 1. The zero-order valence-corrected chi connectivity index (χ0v) is 16.3. The molecule has 1 amide bonds. The van der Waals surface area contributed by atoms with Crippen LogP contribution in [0.1, 0.15) is 36.6 Å². The Hall–Kier alpha value is -3.14. The Morgan fingerprint density at radius 3 is 2.59 bits per heavy atom. The van der Waals surface area contributed by atoms with E-state index < -0.39 is 0 Å². The van der Waals surface area contributed by atoms with Gasteiger partial charge in [0.05, 0.1) is 11.0 Å². The van der Waals surface area contributed by atoms with Crippen molar-refractivity contribution in [2.75, 3.05) is 6.54 Å². The van der Waals surface area contributed by atoms with Gasteiger partial charge in [-0.1, -0.05) is 48.5 Å². The maximum Gasteiger partial charge on any atom is 0.223 e. The van der Waals surface area contributed by atoms with E-state index in [0.29, 0.717) is 18.4 Å². The zero-order chi connectivity index (χ0) is 19.4. The van der Waals surface area contributed by atoms with Crippen LogP contribution in [-0.2, 0) is 11.3 Å². The molecule has 0 radical (unpaired) electrons. The van der Waals surface area contributed by atoms with Gasteiger partial charge in [-0.3, -0.25) is 4.79 Å². The Labute approximate surface area is 169 Å². The topological polar surface area (TPSA) is 38.1 Å². The van der Waals surface area contributed by atoms with Crippen molar-refractivity contribution in [2.45, 2.75) is 37.8 Å². The van der Waals surface area contributed by atoms with Crippen LogP contribution >= 0.6 is 0 Å². The van der Waals surface area contributed by atoms with Gasteiger partial charge < -0.3 is 9.47 Å². The molecule has 1 atom stereocenters. The van der Waals surface area contributed by atoms with Crippen molar-refractivity contribution in [3.05, 3.63) is 78.1 Å². The first kappa shape index (κ1) is 16.8. The molecule has 2 fully saturated rings. The minimum Gasteiger partial charge on any atom is -0.339 e. The Balaban J connectivity index is 1.41. The maximum absolute atomic E-state index is 12.6. The van der Waals surface area contributed by atoms with Crippen molar-refractivity contribution in [3.63, 3.8) is 0 Å². The smallest absolute Gasteiger partial charge is 0.223 e. The van der Waals surface area contributed by atoms with Crippen LogP contribution in [0.4, 0.5) is 0 Å². The first-order valence-electron chi connectivity index (χ1n) is 10.5. The molecular weight excluding hydrogens is 358 g/mol. The summed E-state index contributed by atoms with van der Waals surface area (Å²) >= 11 is 0. The monoisotopic (exact) mass is 381 g/mol. The zero-order valence-electron chi connectivity index (χ0n) is 16.3. The van der Waals surface area contributed by atoms with Crippen molar-refractivity contribution in [3.8, 4) is 0 Å². The predicted molar refractivity (Wildman–Crippen MR) is 115 cm³/mol. The van der Waals surface area contributed by atoms with Crippen LogP contribution in [0.25, 0.3) is 21.8 Å². The highest BCUT2D eigenvalue weighted by atomic mass is 16.2. The number of hydrogen-bond donors (Lipinski definition) is 0. The SMILES string of the molecule is O=C1CC(c2nc3ccccc3n2Cc2ccc3ccccc3c2)CN1C1CC1. The number of benzene rings is 3. The molecule has 1 saturated carbocycles. The number of nitrogens with zero attached hydrogens (tertiary/aromatic N) is 3. The molecular formula is C25H23N3O. The quantitative estimate of drug-likeness (QED) is 0.513. The van der Waals surface area contributed by atoms with Gasteiger partial charge in [-0.15, -0.1) is 0 Å². The summed E-state index contributed by atoms with van der Waals surface area (Å²) in [6, 6.07) is 23.9. The van der Waals surface area contributed by atoms with Crippen molar-refractivity contribution >= 4 is 27.7 Å². The van der Waals surface area contributed by atoms with E-state index in [1.807, 2.05) is 6.07 Å². The maximum atomic E-state index is 12.6. The van der Waals surface area contributed by atoms with E-state index in [1.54, 1.807) is 0 Å². The molecule has 1 aliphatic heterocycles. The summed E-state index contributed by atoms with van der Waals surface area (Å²) < 4.78 is 2.33. The fourth-order valence-electron chi connectivity index (χ4n) is 4.74. The van der Waals surface area contributed by atoms with Gasteiger partial charge in [0.2, 0.25) is 5.91 Å². The van der Waals surface area contributed by atoms with Crippen LogP contribution < -0.4 is 0 Å². The summed E-state index contributed by atoms with van der Waals surface area (Å²) in [4.78, 5) is 19.6. The molecule has 1 saturated heterocycles. The van der Waals surface area contributed by atoms with Gasteiger partial charge in [-0.25, -0.2) is 4.98 Å². The minimum absolute atomic E-state index is 0.177. The normalized spacial score (nSPS) is 19.5. The molecule has 4 nitrogen and oxygen atoms in total. The Morgan fingerprint density at radius 2 is 1.72 bits per heavy atom. The highest BCUT2D eigenvalue weighted by Gasteiger charge is 2.41. The van der Waals surface area contributed by atoms with Crippen LogP contribution in [0.5, 0.6) is 0 Å². The summed E-state index contributed by atoms with van der Waals surface area (Å²) in [5.41, 5.74) is 3.42. The molecule has 6 rings (SSSR count). The summed E-state index contributed by atoms with van der Waals surface area (Å²) in [5, 5.41) is 2.51. The van der Waals surface area contributed by atoms with Gasteiger partial charge in [0.25, 0.3) is 0 Å². The molecule has 1 unspecified atom stereocenters. The second-order valence-corrected chi connectivity index (χ2v) is 8.40. The molecule has 2 aliphatic rings. The van der Waals surface area contributed by atoms with Crippen LogP contribution in [-0.4, -0.2) is 32.9 Å². The largest absolute Gasteiger partial charge is 0.339 e. The number of aromatic nitrogens is 2. The highest BCUT2D eigenvalue weighted by molar-refractivity contribution is 5.83. The van der Waals surface area contributed by atoms with Crippen LogP contribution in [0.15, 0.2) is 66.7 Å². The average molecular weight is 381 g/mol. The standard InChI is InChI=1S/C25H23N3O/c29-24-14-20(16-27(24)21-11-12-21)25-26-22-7-3-4-8-23(22)28(25)15-17-9-10-18-5-1-2-6-19(18)13-17/h1-10,13,20-21H,11-12,14-16H2. The van der Waals surface area contributed by atoms with E-state index in [-0.39, 0.29) is 5.92 Å². The van der Waals surface area contributed by atoms with E-state index in [0.717, 1.165) is 42.8 Å². The number of carbonyl (C=O) groups excluding carboxylic acids is 1. The van der Waals surface area contributed by atoms with Crippen molar-refractivity contribution in [1.82, 2.24) is 14.5 Å². The summed E-state index contributed by atoms with van der Waals surface area (Å²) in [6.07, 6.45) is 2.90. The van der Waals surface area contributed by atoms with Gasteiger partial charge in [-0.05, 0) is 47.4 Å². The van der Waals surface area contributed by atoms with Gasteiger partial charge >= 0.3 is 0 Å². The number of imidazole rings is 1. The summed E-state index contributed by atoms with van der Waals surface area (Å²) in [7, 11) is 0. The third-order valence-corrected chi connectivity index (χ3v) is 6.35. The van der Waals surface area contributed by atoms with Gasteiger partial charge in [0, 0.05) is 31.5 Å². The van der Waals surface area contributed by atoms with Crippen LogP contribution in [0.3, 0.4) is 0 Å². The van der Waals surface area contributed by atoms with Crippen molar-refractivity contribution in [2.24, 2.45) is 0 Å². The van der Waals surface area contributed by atoms with E-state index in [1.165, 1.54) is 16.3 Å². The van der Waals surface area contributed by atoms with Gasteiger partial charge in [-0.2, -0.15) is 0 Å². The Bertz CT molecular complexity index is 1240. The minimum atomic E-state index is 0.177. The van der Waals surface area contributed by atoms with E-state index in [2.05, 4.69) is 70.1 Å². The lowest BCUT2D eigenvalue weighted by Crippen LogP contribution is -2.27. The number of likely N-dealkylation sites (tertiary alicyclic amines) is 1. The van der Waals surface area contributed by atoms with Crippen molar-refractivity contribution in [1.29, 1.82) is 0 Å². The second kappa shape index (κ2) is 6.45. The number of hydrogen-bond acceptors (Lipinski definition) is 2. The van der Waals surface area contributed by atoms with Crippen LogP contribution in [0.2, 0.25) is 0 Å². The molecule has 2 heterocycles. The third-order valence-electron chi connectivity index (χ3n) is 6.35. The number of carbonyl (C=O) groups is 1. The molecule has 29 heavy (non-hydrogen) atoms. The fraction of sp³-hybridized carbons (Fsp3) is 0.280. The van der Waals surface area contributed by atoms with Crippen molar-refractivity contribution < 1.29 is 4.79 Å². The molecule has 144 valence electrons. The van der Waals surface area contributed by atoms with E-state index >= 15 is 0 Å². The molecule has 1 aromatic heterocycles. The number of fused-ring (bicyclic) bond motifs is 2. The van der Waals surface area contributed by atoms with E-state index in [4.69, 9.17) is 4.98 Å². The predicted octanol–water partition coefficient (Wildman–Crippen LogP) is 4.72. The Kier molecular flexibility index (Phi) is 3.73. The molecule has 0 bridgehead atoms. The third kappa shape index (κ3) is 2.91. The van der Waals surface area contributed by atoms with Gasteiger partial charge in [0.15, 0.2) is 0 Å². The van der Waals surface area contributed by atoms with E-state index in [9.17, 15) is 4.79 Å². The number of para-hydroxylation sites is 2. The van der Waals surface area contributed by atoms with Gasteiger partial charge in [0.1, 0.15) is 5.82 Å². The lowest BCUT2D eigenvalue weighted by molar-refractivity contribution is -0.128. The molecule has 0 N–H and O–H groups in total. The van der Waals surface area contributed by atoms with Crippen LogP contribution in [0, 0.1) is 0 Å². The molecule has 4 aromatic rings. The first-order valence-corrected chi connectivity index (χ1v) is 10.5. The second-order valence-electron chi connectivity index (χ2n) is 8.40. The lowest BCUT2D eigenvalue weighted by atomic mass is 10.1. The molecule has 3 aromatic carbocycles. The molecule has 4 heteroatoms.